The summed E-state index contributed by atoms with van der Waals surface area (Å²) in [5, 5.41) is 16.9. The number of aryl methyl sites for hydroxylation is 1. The number of nitrogens with one attached hydrogen (secondary N) is 2. The fourth-order valence-electron chi connectivity index (χ4n) is 1.64. The van der Waals surface area contributed by atoms with Gasteiger partial charge in [0.15, 0.2) is 11.6 Å². The van der Waals surface area contributed by atoms with Gasteiger partial charge in [-0.25, -0.2) is 13.1 Å². The molecule has 2 rings (SSSR count). The summed E-state index contributed by atoms with van der Waals surface area (Å²) in [4.78, 5) is -0.0367. The zero-order valence-electron chi connectivity index (χ0n) is 10.6. The van der Waals surface area contributed by atoms with Crippen molar-refractivity contribution < 1.29 is 8.42 Å². The highest BCUT2D eigenvalue weighted by Crippen LogP contribution is 2.22. The molecule has 0 fully saturated rings. The molecule has 0 aliphatic carbocycles. The van der Waals surface area contributed by atoms with Crippen LogP contribution in [0.1, 0.15) is 24.5 Å². The summed E-state index contributed by atoms with van der Waals surface area (Å²) in [5.74, 6) is 0.191. The first kappa shape index (κ1) is 13.4. The van der Waals surface area contributed by atoms with Crippen molar-refractivity contribution in [2.45, 2.75) is 24.8 Å². The van der Waals surface area contributed by atoms with E-state index in [-0.39, 0.29) is 16.5 Å². The van der Waals surface area contributed by atoms with Crippen LogP contribution < -0.4 is 10.5 Å². The summed E-state index contributed by atoms with van der Waals surface area (Å²) in [7, 11) is -2.19. The zero-order chi connectivity index (χ0) is 14.2. The third-order valence-corrected chi connectivity index (χ3v) is 4.36. The maximum atomic E-state index is 12.3. The summed E-state index contributed by atoms with van der Waals surface area (Å²) < 4.78 is 28.4. The first-order valence-electron chi connectivity index (χ1n) is 5.37. The van der Waals surface area contributed by atoms with Crippen LogP contribution in [0, 0.1) is 6.92 Å². The monoisotopic (exact) mass is 286 g/mol. The van der Waals surface area contributed by atoms with Gasteiger partial charge in [-0.2, -0.15) is 10.3 Å². The fourth-order valence-corrected chi connectivity index (χ4v) is 3.17. The number of aromatic nitrogens is 6. The van der Waals surface area contributed by atoms with Crippen LogP contribution in [0.2, 0.25) is 0 Å². The van der Waals surface area contributed by atoms with Crippen molar-refractivity contribution in [2.24, 2.45) is 7.05 Å². The van der Waals surface area contributed by atoms with Crippen LogP contribution in [-0.4, -0.2) is 38.8 Å². The number of anilines is 1. The quantitative estimate of drug-likeness (QED) is 0.644. The van der Waals surface area contributed by atoms with Crippen LogP contribution in [0.25, 0.3) is 0 Å². The Morgan fingerprint density at radius 1 is 1.47 bits per heavy atom. The fraction of sp³-hybridized carbons (Fsp3) is 0.500. The van der Waals surface area contributed by atoms with Gasteiger partial charge >= 0.3 is 0 Å². The van der Waals surface area contributed by atoms with Gasteiger partial charge in [0.1, 0.15) is 4.90 Å². The smallest absolute Gasteiger partial charge is 0.246 e. The number of tetrazole rings is 1. The largest absolute Gasteiger partial charge is 0.381 e. The Hall–Kier alpha value is -2.01. The minimum atomic E-state index is -3.81. The minimum Gasteiger partial charge on any atom is -0.381 e. The van der Waals surface area contributed by atoms with Crippen LogP contribution in [0.3, 0.4) is 0 Å². The Labute approximate surface area is 109 Å². The maximum Gasteiger partial charge on any atom is 0.246 e. The van der Waals surface area contributed by atoms with Gasteiger partial charge in [-0.1, -0.05) is 5.21 Å². The molecular formula is C8H14N8O2S. The van der Waals surface area contributed by atoms with E-state index in [9.17, 15) is 8.42 Å². The zero-order valence-corrected chi connectivity index (χ0v) is 11.4. The lowest BCUT2D eigenvalue weighted by Crippen LogP contribution is -2.28. The Balaban J connectivity index is 2.33. The van der Waals surface area contributed by atoms with E-state index in [0.29, 0.717) is 5.69 Å². The standard InChI is InChI=1S/C8H14N8O2S/c1-4(8-10-14-15-11-8)13-19(17,18)6-5(2)16(3)12-7(6)9/h4,13H,1-3H3,(H2,9,12)(H,10,11,14,15). The van der Waals surface area contributed by atoms with Gasteiger partial charge in [0.2, 0.25) is 10.0 Å². The second-order valence-corrected chi connectivity index (χ2v) is 5.69. The van der Waals surface area contributed by atoms with E-state index >= 15 is 0 Å². The van der Waals surface area contributed by atoms with E-state index < -0.39 is 16.1 Å². The summed E-state index contributed by atoms with van der Waals surface area (Å²) >= 11 is 0. The molecule has 2 aromatic heterocycles. The number of aromatic amines is 1. The molecule has 0 bridgehead atoms. The molecule has 0 spiro atoms. The predicted octanol–water partition coefficient (Wildman–Crippen LogP) is -1.14. The van der Waals surface area contributed by atoms with Crippen molar-refractivity contribution in [3.63, 3.8) is 0 Å². The molecule has 104 valence electrons. The number of hydrogen-bond acceptors (Lipinski definition) is 7. The van der Waals surface area contributed by atoms with Gasteiger partial charge in [-0.05, 0) is 13.8 Å². The molecule has 0 saturated carbocycles. The van der Waals surface area contributed by atoms with Crippen molar-refractivity contribution in [3.8, 4) is 0 Å². The van der Waals surface area contributed by atoms with Gasteiger partial charge in [0, 0.05) is 7.05 Å². The van der Waals surface area contributed by atoms with Crippen molar-refractivity contribution in [3.05, 3.63) is 11.5 Å². The Morgan fingerprint density at radius 3 is 2.63 bits per heavy atom. The molecule has 0 amide bonds. The van der Waals surface area contributed by atoms with E-state index in [0.717, 1.165) is 0 Å². The van der Waals surface area contributed by atoms with Gasteiger partial charge in [0.25, 0.3) is 0 Å². The number of nitrogens with two attached hydrogens (primary N) is 1. The summed E-state index contributed by atoms with van der Waals surface area (Å²) in [6.07, 6.45) is 0. The first-order chi connectivity index (χ1) is 8.83. The molecule has 19 heavy (non-hydrogen) atoms. The van der Waals surface area contributed by atoms with E-state index in [4.69, 9.17) is 5.73 Å². The maximum absolute atomic E-state index is 12.3. The first-order valence-corrected chi connectivity index (χ1v) is 6.86. The second kappa shape index (κ2) is 4.59. The molecule has 11 heteroatoms. The van der Waals surface area contributed by atoms with E-state index in [1.165, 1.54) is 4.68 Å². The number of nitrogen functional groups attached to an aromatic ring is 1. The highest BCUT2D eigenvalue weighted by Gasteiger charge is 2.27. The van der Waals surface area contributed by atoms with Crippen LogP contribution in [-0.2, 0) is 17.1 Å². The van der Waals surface area contributed by atoms with Gasteiger partial charge in [-0.3, -0.25) is 4.68 Å². The van der Waals surface area contributed by atoms with Crippen LogP contribution in [0.4, 0.5) is 5.82 Å². The van der Waals surface area contributed by atoms with Crippen LogP contribution in [0.5, 0.6) is 0 Å². The number of H-pyrrole nitrogens is 1. The molecule has 0 aromatic carbocycles. The minimum absolute atomic E-state index is 0.0367. The predicted molar refractivity (Wildman–Crippen MR) is 65.3 cm³/mol. The van der Waals surface area contributed by atoms with Gasteiger partial charge in [-0.15, -0.1) is 10.2 Å². The molecule has 0 saturated heterocycles. The summed E-state index contributed by atoms with van der Waals surface area (Å²) in [6.45, 7) is 3.22. The lowest BCUT2D eigenvalue weighted by molar-refractivity contribution is 0.559. The van der Waals surface area contributed by atoms with Crippen molar-refractivity contribution in [1.29, 1.82) is 0 Å². The number of hydrogen-bond donors (Lipinski definition) is 3. The number of sulfonamides is 1. The Kier molecular flexibility index (Phi) is 3.24. The topological polar surface area (TPSA) is 144 Å². The molecule has 0 aliphatic rings. The molecule has 0 aliphatic heterocycles. The van der Waals surface area contributed by atoms with E-state index in [2.05, 4.69) is 30.4 Å². The SMILES string of the molecule is Cc1c(S(=O)(=O)NC(C)c2nn[nH]n2)c(N)nn1C. The summed E-state index contributed by atoms with van der Waals surface area (Å²) in [6, 6.07) is -0.636. The van der Waals surface area contributed by atoms with Crippen molar-refractivity contribution >= 4 is 15.8 Å². The highest BCUT2D eigenvalue weighted by molar-refractivity contribution is 7.89. The molecule has 2 heterocycles. The molecule has 0 radical (unpaired) electrons. The number of nitrogens with zero attached hydrogens (tertiary/aromatic N) is 5. The lowest BCUT2D eigenvalue weighted by atomic mass is 10.4. The van der Waals surface area contributed by atoms with Crippen LogP contribution >= 0.6 is 0 Å². The van der Waals surface area contributed by atoms with Crippen molar-refractivity contribution in [1.82, 2.24) is 35.1 Å². The van der Waals surface area contributed by atoms with Gasteiger partial charge < -0.3 is 5.73 Å². The number of rotatable bonds is 4. The average Bonchev–Trinajstić information content (AvgIpc) is 2.87. The van der Waals surface area contributed by atoms with Gasteiger partial charge in [0.05, 0.1) is 11.7 Å². The third kappa shape index (κ3) is 2.42. The van der Waals surface area contributed by atoms with E-state index in [1.54, 1.807) is 20.9 Å². The molecule has 1 unspecified atom stereocenters. The molecular weight excluding hydrogens is 272 g/mol. The molecule has 2 aromatic rings. The van der Waals surface area contributed by atoms with E-state index in [1.807, 2.05) is 0 Å². The highest BCUT2D eigenvalue weighted by atomic mass is 32.2. The lowest BCUT2D eigenvalue weighted by Gasteiger charge is -2.10. The second-order valence-electron chi connectivity index (χ2n) is 4.04. The molecule has 10 nitrogen and oxygen atoms in total. The molecule has 1 atom stereocenters. The Morgan fingerprint density at radius 2 is 2.16 bits per heavy atom. The average molecular weight is 286 g/mol. The Bertz CT molecular complexity index is 674. The third-order valence-electron chi connectivity index (χ3n) is 2.65. The summed E-state index contributed by atoms with van der Waals surface area (Å²) in [5.41, 5.74) is 6.07. The normalized spacial score (nSPS) is 13.6. The van der Waals surface area contributed by atoms with Crippen molar-refractivity contribution in [2.75, 3.05) is 5.73 Å². The van der Waals surface area contributed by atoms with Crippen LogP contribution in [0.15, 0.2) is 4.90 Å². The molecule has 4 N–H and O–H groups in total.